The molecule has 48 heavy (non-hydrogen) atoms. The third-order valence-corrected chi connectivity index (χ3v) is 8.64. The van der Waals surface area contributed by atoms with Gasteiger partial charge in [0.2, 0.25) is 0 Å². The number of carbonyl (C=O) groups excluding carboxylic acids is 2. The number of benzene rings is 1. The summed E-state index contributed by atoms with van der Waals surface area (Å²) in [6.45, 7) is 23.9. The van der Waals surface area contributed by atoms with Crippen molar-refractivity contribution in [3.05, 3.63) is 57.7 Å². The predicted molar refractivity (Wildman–Crippen MR) is 195 cm³/mol. The molecule has 0 radical (unpaired) electrons. The van der Waals surface area contributed by atoms with Gasteiger partial charge in [-0.25, -0.2) is 8.78 Å². The number of alkyl halides is 3. The summed E-state index contributed by atoms with van der Waals surface area (Å²) in [5.74, 6) is -2.93. The summed E-state index contributed by atoms with van der Waals surface area (Å²) < 4.78 is 41.3. The quantitative estimate of drug-likeness (QED) is 0.148. The zero-order valence-corrected chi connectivity index (χ0v) is 36.6. The van der Waals surface area contributed by atoms with Crippen LogP contribution in [-0.4, -0.2) is 41.3 Å². The molecule has 0 saturated heterocycles. The van der Waals surface area contributed by atoms with E-state index in [4.69, 9.17) is 11.6 Å². The van der Waals surface area contributed by atoms with Crippen LogP contribution < -0.4 is 4.90 Å². The number of hydrogen-bond acceptors (Lipinski definition) is 3. The molecule has 9 heteroatoms. The van der Waals surface area contributed by atoms with Gasteiger partial charge in [0.15, 0.2) is 11.6 Å². The van der Waals surface area contributed by atoms with E-state index in [-0.39, 0.29) is 68.0 Å². The van der Waals surface area contributed by atoms with Gasteiger partial charge >= 0.3 is 0 Å². The van der Waals surface area contributed by atoms with Crippen LogP contribution in [0.3, 0.4) is 0 Å². The summed E-state index contributed by atoms with van der Waals surface area (Å²) in [7, 11) is 0. The third kappa shape index (κ3) is 15.8. The van der Waals surface area contributed by atoms with E-state index in [0.717, 1.165) is 35.9 Å². The molecule has 1 aliphatic rings. The number of fused-ring (bicyclic) bond motifs is 1. The van der Waals surface area contributed by atoms with E-state index in [1.807, 2.05) is 44.4 Å². The summed E-state index contributed by atoms with van der Waals surface area (Å²) in [4.78, 5) is 26.8. The smallest absolute Gasteiger partial charge is 0.252 e. The van der Waals surface area contributed by atoms with Crippen molar-refractivity contribution in [2.24, 2.45) is 5.92 Å². The molecule has 0 spiro atoms. The molecule has 0 bridgehead atoms. The summed E-state index contributed by atoms with van der Waals surface area (Å²) in [5, 5.41) is 0.865. The van der Waals surface area contributed by atoms with Crippen molar-refractivity contribution >= 4 is 28.9 Å². The fraction of sp³-hybridized carbons (Fsp3) is 0.667. The van der Waals surface area contributed by atoms with E-state index in [1.165, 1.54) is 37.4 Å². The standard InChI is InChI=1S/C18H25F2NO2.C13H20ClN.C5H10F.C3H8.U/c1-5-11(3)16(23)10-21-14(6-2)17(12(4)22)13-9-18(19,20)8-7-15(13)21;1-4-9-15(10-5-2)13-8-6-7-12(14)11(13)3;1-3-5(6)4-2;1-3-2;/h11H,5-10H2,1-4H3;6-8H,4-5,9-10H2,1-3H3;3,5H,4H2,1-2H3;3H2,1-2H3;/q;;-1;;. The van der Waals surface area contributed by atoms with E-state index < -0.39 is 18.5 Å². The number of nitrogens with zero attached hydrogens (tertiary/aromatic N) is 2. The van der Waals surface area contributed by atoms with Crippen LogP contribution in [0.5, 0.6) is 0 Å². The predicted octanol–water partition coefficient (Wildman–Crippen LogP) is 11.6. The molecular formula is C39H63ClF3N2O2U-. The molecule has 2 aromatic rings. The minimum absolute atomic E-state index is 0. The van der Waals surface area contributed by atoms with Crippen LogP contribution in [0.4, 0.5) is 18.9 Å². The minimum Gasteiger partial charge on any atom is -0.371 e. The van der Waals surface area contributed by atoms with Gasteiger partial charge in [0.05, 0.1) is 6.54 Å². The van der Waals surface area contributed by atoms with E-state index in [2.05, 4.69) is 45.6 Å². The second kappa shape index (κ2) is 25.7. The summed E-state index contributed by atoms with van der Waals surface area (Å²) in [6, 6.07) is 6.14. The molecule has 0 aliphatic heterocycles. The average Bonchev–Trinajstić information content (AvgIpc) is 3.33. The van der Waals surface area contributed by atoms with Crippen LogP contribution in [-0.2, 0) is 30.6 Å². The summed E-state index contributed by atoms with van der Waals surface area (Å²) >= 11 is 6.13. The van der Waals surface area contributed by atoms with Crippen molar-refractivity contribution in [1.29, 1.82) is 0 Å². The van der Waals surface area contributed by atoms with E-state index in [9.17, 15) is 22.8 Å². The van der Waals surface area contributed by atoms with Crippen molar-refractivity contribution in [3.63, 3.8) is 0 Å². The Morgan fingerprint density at radius 2 is 1.60 bits per heavy atom. The number of hydrogen-bond donors (Lipinski definition) is 0. The van der Waals surface area contributed by atoms with Crippen LogP contribution in [0.15, 0.2) is 18.2 Å². The first-order chi connectivity index (χ1) is 22.1. The average molecular weight is 922 g/mol. The number of rotatable bonds is 13. The van der Waals surface area contributed by atoms with Gasteiger partial charge in [-0.3, -0.25) is 20.4 Å². The fourth-order valence-electron chi connectivity index (χ4n) is 5.48. The van der Waals surface area contributed by atoms with Gasteiger partial charge < -0.3 is 9.47 Å². The van der Waals surface area contributed by atoms with Crippen LogP contribution in [0.1, 0.15) is 141 Å². The summed E-state index contributed by atoms with van der Waals surface area (Å²) in [6.07, 6.45) is 5.98. The van der Waals surface area contributed by atoms with Gasteiger partial charge in [0, 0.05) is 90.6 Å². The second-order valence-corrected chi connectivity index (χ2v) is 12.8. The molecule has 1 aromatic carbocycles. The van der Waals surface area contributed by atoms with Crippen molar-refractivity contribution in [2.75, 3.05) is 18.0 Å². The molecule has 274 valence electrons. The van der Waals surface area contributed by atoms with Crippen LogP contribution in [0, 0.1) is 50.4 Å². The first-order valence-electron chi connectivity index (χ1n) is 17.7. The molecule has 0 fully saturated rings. The van der Waals surface area contributed by atoms with Crippen molar-refractivity contribution < 1.29 is 53.9 Å². The van der Waals surface area contributed by atoms with Crippen LogP contribution in [0.25, 0.3) is 0 Å². The first kappa shape index (κ1) is 48.9. The van der Waals surface area contributed by atoms with Gasteiger partial charge in [-0.15, -0.1) is 0 Å². The Kier molecular flexibility index (Phi) is 26.2. The van der Waals surface area contributed by atoms with Crippen molar-refractivity contribution in [2.45, 2.75) is 153 Å². The number of anilines is 1. The number of halogens is 4. The van der Waals surface area contributed by atoms with Crippen LogP contribution in [0.2, 0.25) is 5.02 Å². The van der Waals surface area contributed by atoms with Gasteiger partial charge in [-0.05, 0) is 75.4 Å². The van der Waals surface area contributed by atoms with Crippen LogP contribution >= 0.6 is 11.6 Å². The third-order valence-electron chi connectivity index (χ3n) is 8.23. The van der Waals surface area contributed by atoms with E-state index >= 15 is 0 Å². The largest absolute Gasteiger partial charge is 0.371 e. The molecule has 1 aliphatic carbocycles. The maximum atomic E-state index is 13.8. The van der Waals surface area contributed by atoms with Gasteiger partial charge in [0.1, 0.15) is 0 Å². The molecule has 0 N–H and O–H groups in total. The van der Waals surface area contributed by atoms with E-state index in [1.54, 1.807) is 13.3 Å². The van der Waals surface area contributed by atoms with E-state index in [0.29, 0.717) is 24.0 Å². The fourth-order valence-corrected chi connectivity index (χ4v) is 5.65. The topological polar surface area (TPSA) is 42.3 Å². The van der Waals surface area contributed by atoms with Crippen molar-refractivity contribution in [1.82, 2.24) is 4.57 Å². The first-order valence-corrected chi connectivity index (χ1v) is 18.1. The Morgan fingerprint density at radius 1 is 1.04 bits per heavy atom. The molecule has 4 nitrogen and oxygen atoms in total. The Morgan fingerprint density at radius 3 is 2.02 bits per heavy atom. The minimum atomic E-state index is -2.77. The SMILES string of the molecule is CCC.CCCN(CCC)c1cccc(Cl)c1C.CCc1c(C(C)=O)c2c(n1CC(=O)C(C)CC)CCC(F)(F)C2.C[CH-]C(F)CC.[U]. The zero-order chi connectivity index (χ0) is 36.3. The molecule has 0 amide bonds. The van der Waals surface area contributed by atoms with Gasteiger partial charge in [0.25, 0.3) is 5.92 Å². The monoisotopic (exact) mass is 922 g/mol. The Labute approximate surface area is 319 Å². The van der Waals surface area contributed by atoms with Crippen molar-refractivity contribution in [3.8, 4) is 0 Å². The van der Waals surface area contributed by atoms with Gasteiger partial charge in [-0.2, -0.15) is 6.92 Å². The molecule has 0 saturated carbocycles. The maximum absolute atomic E-state index is 13.8. The normalized spacial score (nSPS) is 13.9. The molecule has 2 atom stereocenters. The number of Topliss-reactive ketones (excluding diaryl/α,β-unsaturated/α-hetero) is 2. The Hall–Kier alpha value is -1.23. The molecule has 3 rings (SSSR count). The number of ketones is 2. The molecular weight excluding hydrogens is 859 g/mol. The molecule has 1 heterocycles. The second-order valence-electron chi connectivity index (χ2n) is 12.4. The Bertz CT molecular complexity index is 1210. The number of carbonyl (C=O) groups is 2. The zero-order valence-electron chi connectivity index (χ0n) is 31.7. The maximum Gasteiger partial charge on any atom is 0.252 e. The molecule has 1 aromatic heterocycles. The molecule has 2 unspecified atom stereocenters. The Balaban J connectivity index is 0. The summed E-state index contributed by atoms with van der Waals surface area (Å²) in [5.41, 5.74) is 4.85. The van der Waals surface area contributed by atoms with Gasteiger partial charge in [-0.1, -0.05) is 85.9 Å². The number of aromatic nitrogens is 1.